The van der Waals surface area contributed by atoms with Gasteiger partial charge in [-0.25, -0.2) is 4.79 Å². The Balaban J connectivity index is 1.85. The van der Waals surface area contributed by atoms with Gasteiger partial charge in [0.15, 0.2) is 0 Å². The molecule has 28 heavy (non-hydrogen) atoms. The molecule has 1 heterocycles. The molecule has 5 heteroatoms. The summed E-state index contributed by atoms with van der Waals surface area (Å²) in [6.45, 7) is 5.73. The standard InChI is InChI=1S/C23H19NO3S/c1-3-4-7-16-12-17(11-10-15(16)2)18-13-21(28-14-18)22(25)24-20-9-6-5-8-19(20)23(26)27/h3-14H,1H2,2H3,(H,24,25)(H,26,27)/b7-4-. The van der Waals surface area contributed by atoms with Crippen molar-refractivity contribution in [1.29, 1.82) is 0 Å². The van der Waals surface area contributed by atoms with Gasteiger partial charge in [0.2, 0.25) is 0 Å². The maximum Gasteiger partial charge on any atom is 0.337 e. The van der Waals surface area contributed by atoms with Gasteiger partial charge in [0.25, 0.3) is 5.91 Å². The van der Waals surface area contributed by atoms with Crippen LogP contribution in [0.25, 0.3) is 17.2 Å². The van der Waals surface area contributed by atoms with Crippen LogP contribution in [0.3, 0.4) is 0 Å². The lowest BCUT2D eigenvalue weighted by atomic mass is 10.0. The summed E-state index contributed by atoms with van der Waals surface area (Å²) in [6.07, 6.45) is 5.61. The number of para-hydroxylation sites is 1. The predicted octanol–water partition coefficient (Wildman–Crippen LogP) is 5.87. The second-order valence-corrected chi connectivity index (χ2v) is 7.08. The minimum atomic E-state index is -1.08. The van der Waals surface area contributed by atoms with Crippen molar-refractivity contribution < 1.29 is 14.7 Å². The number of aryl methyl sites for hydroxylation is 1. The van der Waals surface area contributed by atoms with Gasteiger partial charge in [0.1, 0.15) is 0 Å². The number of benzene rings is 2. The summed E-state index contributed by atoms with van der Waals surface area (Å²) in [5.41, 5.74) is 4.53. The van der Waals surface area contributed by atoms with Gasteiger partial charge in [-0.3, -0.25) is 4.79 Å². The molecular weight excluding hydrogens is 370 g/mol. The SMILES string of the molecule is C=C/C=C\c1cc(-c2csc(C(=O)Nc3ccccc3C(=O)O)c2)ccc1C. The molecular formula is C23H19NO3S. The molecule has 2 aromatic carbocycles. The van der Waals surface area contributed by atoms with E-state index in [1.54, 1.807) is 24.3 Å². The van der Waals surface area contributed by atoms with Crippen molar-refractivity contribution in [2.24, 2.45) is 0 Å². The smallest absolute Gasteiger partial charge is 0.337 e. The Morgan fingerprint density at radius 2 is 1.89 bits per heavy atom. The first kappa shape index (κ1) is 19.3. The van der Waals surface area contributed by atoms with Crippen LogP contribution in [0.5, 0.6) is 0 Å². The normalized spacial score (nSPS) is 10.8. The van der Waals surface area contributed by atoms with Gasteiger partial charge in [0.05, 0.1) is 16.1 Å². The van der Waals surface area contributed by atoms with Crippen LogP contribution in [0.4, 0.5) is 5.69 Å². The molecule has 0 atom stereocenters. The van der Waals surface area contributed by atoms with E-state index in [0.717, 1.165) is 22.3 Å². The summed E-state index contributed by atoms with van der Waals surface area (Å²) in [4.78, 5) is 24.4. The molecule has 0 saturated heterocycles. The molecule has 1 amide bonds. The van der Waals surface area contributed by atoms with Gasteiger partial charge >= 0.3 is 5.97 Å². The van der Waals surface area contributed by atoms with Crippen molar-refractivity contribution in [3.05, 3.63) is 94.2 Å². The number of carbonyl (C=O) groups is 2. The molecule has 0 bridgehead atoms. The molecule has 0 radical (unpaired) electrons. The molecule has 140 valence electrons. The highest BCUT2D eigenvalue weighted by Gasteiger charge is 2.15. The number of thiophene rings is 1. The van der Waals surface area contributed by atoms with Crippen LogP contribution in [0, 0.1) is 6.92 Å². The number of allylic oxidation sites excluding steroid dienone is 2. The molecule has 0 aliphatic carbocycles. The maximum atomic E-state index is 12.6. The number of carbonyl (C=O) groups excluding carboxylic acids is 1. The fraction of sp³-hybridized carbons (Fsp3) is 0.0435. The first-order valence-corrected chi connectivity index (χ1v) is 9.50. The zero-order chi connectivity index (χ0) is 20.1. The summed E-state index contributed by atoms with van der Waals surface area (Å²) in [7, 11) is 0. The quantitative estimate of drug-likeness (QED) is 0.518. The summed E-state index contributed by atoms with van der Waals surface area (Å²) >= 11 is 1.32. The number of carboxylic acid groups (broad SMARTS) is 1. The van der Waals surface area contributed by atoms with Gasteiger partial charge < -0.3 is 10.4 Å². The molecule has 0 saturated carbocycles. The number of amides is 1. The van der Waals surface area contributed by atoms with Gasteiger partial charge in [-0.2, -0.15) is 0 Å². The maximum absolute atomic E-state index is 12.6. The van der Waals surface area contributed by atoms with Crippen molar-refractivity contribution in [3.63, 3.8) is 0 Å². The highest BCUT2D eigenvalue weighted by Crippen LogP contribution is 2.28. The Hall–Kier alpha value is -3.44. The molecule has 0 spiro atoms. The Kier molecular flexibility index (Phi) is 5.87. The van der Waals surface area contributed by atoms with Crippen LogP contribution in [0.2, 0.25) is 0 Å². The summed E-state index contributed by atoms with van der Waals surface area (Å²) in [5.74, 6) is -1.41. The van der Waals surface area contributed by atoms with Gasteiger partial charge in [-0.15, -0.1) is 11.3 Å². The van der Waals surface area contributed by atoms with E-state index < -0.39 is 5.97 Å². The second kappa shape index (κ2) is 8.50. The number of nitrogens with one attached hydrogen (secondary N) is 1. The fourth-order valence-corrected chi connectivity index (χ4v) is 3.55. The number of aromatic carboxylic acids is 1. The third-order valence-electron chi connectivity index (χ3n) is 4.25. The molecule has 3 rings (SSSR count). The van der Waals surface area contributed by atoms with Crippen molar-refractivity contribution >= 4 is 35.0 Å². The van der Waals surface area contributed by atoms with Crippen LogP contribution in [0.15, 0.2) is 72.6 Å². The Bertz CT molecular complexity index is 1080. The summed E-state index contributed by atoms with van der Waals surface area (Å²) in [5, 5.41) is 13.9. The van der Waals surface area contributed by atoms with E-state index in [0.29, 0.717) is 4.88 Å². The molecule has 0 fully saturated rings. The first-order valence-electron chi connectivity index (χ1n) is 8.62. The van der Waals surface area contributed by atoms with Crippen LogP contribution in [-0.4, -0.2) is 17.0 Å². The minimum Gasteiger partial charge on any atom is -0.478 e. The first-order chi connectivity index (χ1) is 13.5. The molecule has 0 unspecified atom stereocenters. The molecule has 4 nitrogen and oxygen atoms in total. The lowest BCUT2D eigenvalue weighted by Gasteiger charge is -2.07. The zero-order valence-corrected chi connectivity index (χ0v) is 16.1. The van der Waals surface area contributed by atoms with Crippen LogP contribution < -0.4 is 5.32 Å². The zero-order valence-electron chi connectivity index (χ0n) is 15.3. The molecule has 0 aliphatic rings. The van der Waals surface area contributed by atoms with E-state index in [-0.39, 0.29) is 17.2 Å². The molecule has 0 aliphatic heterocycles. The van der Waals surface area contributed by atoms with E-state index in [1.807, 2.05) is 42.7 Å². The molecule has 1 aromatic heterocycles. The number of rotatable bonds is 6. The lowest BCUT2D eigenvalue weighted by Crippen LogP contribution is -2.13. The number of hydrogen-bond donors (Lipinski definition) is 2. The summed E-state index contributed by atoms with van der Waals surface area (Å²) < 4.78 is 0. The third kappa shape index (κ3) is 4.27. The van der Waals surface area contributed by atoms with Crippen molar-refractivity contribution in [3.8, 4) is 11.1 Å². The fourth-order valence-electron chi connectivity index (χ4n) is 2.74. The lowest BCUT2D eigenvalue weighted by molar-refractivity contribution is 0.0698. The van der Waals surface area contributed by atoms with Crippen molar-refractivity contribution in [1.82, 2.24) is 0 Å². The van der Waals surface area contributed by atoms with Crippen LogP contribution in [0.1, 0.15) is 31.2 Å². The van der Waals surface area contributed by atoms with Crippen LogP contribution in [-0.2, 0) is 0 Å². The highest BCUT2D eigenvalue weighted by atomic mass is 32.1. The molecule has 2 N–H and O–H groups in total. The second-order valence-electron chi connectivity index (χ2n) is 6.17. The Morgan fingerprint density at radius 1 is 1.11 bits per heavy atom. The minimum absolute atomic E-state index is 0.0600. The summed E-state index contributed by atoms with van der Waals surface area (Å²) in [6, 6.07) is 14.3. The monoisotopic (exact) mass is 389 g/mol. The number of hydrogen-bond acceptors (Lipinski definition) is 3. The van der Waals surface area contributed by atoms with Gasteiger partial charge in [0, 0.05) is 0 Å². The topological polar surface area (TPSA) is 66.4 Å². The number of anilines is 1. The predicted molar refractivity (Wildman–Crippen MR) is 115 cm³/mol. The van der Waals surface area contributed by atoms with Gasteiger partial charge in [-0.1, -0.05) is 49.1 Å². The van der Waals surface area contributed by atoms with E-state index >= 15 is 0 Å². The van der Waals surface area contributed by atoms with Gasteiger partial charge in [-0.05, 0) is 58.8 Å². The van der Waals surface area contributed by atoms with Crippen molar-refractivity contribution in [2.45, 2.75) is 6.92 Å². The number of carboxylic acids is 1. The Morgan fingerprint density at radius 3 is 2.64 bits per heavy atom. The van der Waals surface area contributed by atoms with E-state index in [2.05, 4.69) is 18.0 Å². The largest absolute Gasteiger partial charge is 0.478 e. The van der Waals surface area contributed by atoms with E-state index in [4.69, 9.17) is 0 Å². The average molecular weight is 389 g/mol. The third-order valence-corrected chi connectivity index (χ3v) is 5.18. The van der Waals surface area contributed by atoms with Crippen molar-refractivity contribution in [2.75, 3.05) is 5.32 Å². The van der Waals surface area contributed by atoms with Crippen LogP contribution >= 0.6 is 11.3 Å². The van der Waals surface area contributed by atoms with E-state index in [9.17, 15) is 14.7 Å². The highest BCUT2D eigenvalue weighted by molar-refractivity contribution is 7.12. The van der Waals surface area contributed by atoms with E-state index in [1.165, 1.54) is 17.4 Å². The average Bonchev–Trinajstić information content (AvgIpc) is 3.18. The molecule has 3 aromatic rings. The Labute approximate surface area is 167 Å².